The van der Waals surface area contributed by atoms with E-state index in [1.165, 1.54) is 24.4 Å². The van der Waals surface area contributed by atoms with Gasteiger partial charge < -0.3 is 20.3 Å². The first-order valence-corrected chi connectivity index (χ1v) is 8.64. The van der Waals surface area contributed by atoms with Crippen molar-refractivity contribution in [2.24, 2.45) is 0 Å². The molecule has 2 unspecified atom stereocenters. The van der Waals surface area contributed by atoms with E-state index in [1.54, 1.807) is 6.07 Å². The Morgan fingerprint density at radius 3 is 2.71 bits per heavy atom. The summed E-state index contributed by atoms with van der Waals surface area (Å²) in [6, 6.07) is 14.9. The van der Waals surface area contributed by atoms with E-state index in [2.05, 4.69) is 15.5 Å². The molecule has 0 aliphatic carbocycles. The molecule has 0 saturated heterocycles. The highest BCUT2D eigenvalue weighted by molar-refractivity contribution is 5.67. The predicted molar refractivity (Wildman–Crippen MR) is 99.6 cm³/mol. The van der Waals surface area contributed by atoms with Gasteiger partial charge in [-0.3, -0.25) is 5.10 Å². The van der Waals surface area contributed by atoms with Crippen LogP contribution in [0.3, 0.4) is 0 Å². The van der Waals surface area contributed by atoms with Crippen LogP contribution in [-0.4, -0.2) is 39.2 Å². The number of aromatic nitrogens is 2. The van der Waals surface area contributed by atoms with Gasteiger partial charge in [0.2, 0.25) is 0 Å². The molecule has 0 radical (unpaired) electrons. The molecule has 8 heteroatoms. The van der Waals surface area contributed by atoms with Gasteiger partial charge in [-0.2, -0.15) is 5.10 Å². The van der Waals surface area contributed by atoms with E-state index in [9.17, 15) is 19.4 Å². The number of halogens is 1. The maximum absolute atomic E-state index is 13.4. The number of carbonyl (C=O) groups excluding carboxylic acids is 1. The molecule has 0 bridgehead atoms. The van der Waals surface area contributed by atoms with Crippen LogP contribution < -0.4 is 5.32 Å². The lowest BCUT2D eigenvalue weighted by atomic mass is 10.0. The van der Waals surface area contributed by atoms with Gasteiger partial charge in [-0.05, 0) is 17.7 Å². The summed E-state index contributed by atoms with van der Waals surface area (Å²) in [7, 11) is 0. The third-order valence-electron chi connectivity index (χ3n) is 4.13. The molecule has 3 aromatic rings. The van der Waals surface area contributed by atoms with Crippen molar-refractivity contribution in [1.82, 2.24) is 15.5 Å². The van der Waals surface area contributed by atoms with Crippen LogP contribution in [0.1, 0.15) is 17.2 Å². The quantitative estimate of drug-likeness (QED) is 0.500. The molecular weight excluding hydrogens is 365 g/mol. The van der Waals surface area contributed by atoms with Crippen molar-refractivity contribution in [3.63, 3.8) is 0 Å². The summed E-state index contributed by atoms with van der Waals surface area (Å²) in [5, 5.41) is 29.6. The zero-order valence-corrected chi connectivity index (χ0v) is 14.9. The number of aliphatic hydroxyl groups is 2. The second-order valence-electron chi connectivity index (χ2n) is 6.17. The smallest absolute Gasteiger partial charge is 0.407 e. The van der Waals surface area contributed by atoms with Crippen molar-refractivity contribution in [3.05, 3.63) is 77.7 Å². The number of hydrogen-bond acceptors (Lipinski definition) is 5. The number of benzene rings is 2. The van der Waals surface area contributed by atoms with Crippen LogP contribution in [0.5, 0.6) is 0 Å². The van der Waals surface area contributed by atoms with Crippen LogP contribution in [0.4, 0.5) is 9.18 Å². The zero-order valence-electron chi connectivity index (χ0n) is 14.9. The lowest BCUT2D eigenvalue weighted by Gasteiger charge is -2.18. The lowest BCUT2D eigenvalue weighted by Crippen LogP contribution is -2.35. The molecule has 2 aromatic carbocycles. The van der Waals surface area contributed by atoms with Gasteiger partial charge in [-0.25, -0.2) is 9.18 Å². The normalized spacial score (nSPS) is 13.0. The summed E-state index contributed by atoms with van der Waals surface area (Å²) in [4.78, 5) is 11.8. The molecular formula is C20H20FN3O4. The number of H-pyrrole nitrogens is 1. The van der Waals surface area contributed by atoms with Gasteiger partial charge in [0.25, 0.3) is 0 Å². The van der Waals surface area contributed by atoms with Gasteiger partial charge in [0.05, 0.1) is 11.9 Å². The van der Waals surface area contributed by atoms with E-state index >= 15 is 0 Å². The summed E-state index contributed by atoms with van der Waals surface area (Å²) in [5.74, 6) is -0.434. The largest absolute Gasteiger partial charge is 0.445 e. The van der Waals surface area contributed by atoms with Gasteiger partial charge in [0.15, 0.2) is 0 Å². The van der Waals surface area contributed by atoms with E-state index in [0.717, 1.165) is 5.56 Å². The van der Waals surface area contributed by atoms with Crippen molar-refractivity contribution in [1.29, 1.82) is 0 Å². The van der Waals surface area contributed by atoms with E-state index in [1.807, 2.05) is 30.3 Å². The summed E-state index contributed by atoms with van der Waals surface area (Å²) in [6.45, 7) is -0.140. The number of nitrogens with zero attached hydrogens (tertiary/aromatic N) is 1. The summed E-state index contributed by atoms with van der Waals surface area (Å²) >= 11 is 0. The van der Waals surface area contributed by atoms with Crippen LogP contribution in [-0.2, 0) is 11.3 Å². The number of carbonyl (C=O) groups is 1. The number of aromatic amines is 1. The Labute approximate surface area is 160 Å². The van der Waals surface area contributed by atoms with Crippen molar-refractivity contribution >= 4 is 6.09 Å². The Kier molecular flexibility index (Phi) is 6.36. The van der Waals surface area contributed by atoms with Gasteiger partial charge in [0.1, 0.15) is 24.6 Å². The fraction of sp³-hybridized carbons (Fsp3) is 0.200. The minimum Gasteiger partial charge on any atom is -0.445 e. The summed E-state index contributed by atoms with van der Waals surface area (Å²) in [6.07, 6.45) is -2.02. The highest BCUT2D eigenvalue weighted by atomic mass is 19.1. The Balaban J connectivity index is 1.56. The van der Waals surface area contributed by atoms with Crippen LogP contribution in [0, 0.1) is 5.82 Å². The fourth-order valence-corrected chi connectivity index (χ4v) is 2.68. The van der Waals surface area contributed by atoms with E-state index in [-0.39, 0.29) is 18.7 Å². The van der Waals surface area contributed by atoms with E-state index < -0.39 is 24.1 Å². The Bertz CT molecular complexity index is 917. The number of aliphatic hydroxyl groups excluding tert-OH is 2. The first-order valence-electron chi connectivity index (χ1n) is 8.64. The van der Waals surface area contributed by atoms with Crippen molar-refractivity contribution in [2.75, 3.05) is 6.54 Å². The topological polar surface area (TPSA) is 107 Å². The highest BCUT2D eigenvalue weighted by Gasteiger charge is 2.24. The molecule has 0 aliphatic rings. The maximum atomic E-state index is 13.4. The third-order valence-corrected chi connectivity index (χ3v) is 4.13. The number of nitrogens with one attached hydrogen (secondary N) is 2. The number of alkyl carbamates (subject to hydrolysis) is 1. The highest BCUT2D eigenvalue weighted by Crippen LogP contribution is 2.28. The number of rotatable bonds is 7. The Morgan fingerprint density at radius 1 is 1.18 bits per heavy atom. The maximum Gasteiger partial charge on any atom is 0.407 e. The van der Waals surface area contributed by atoms with Crippen LogP contribution in [0.15, 0.2) is 60.8 Å². The Morgan fingerprint density at radius 2 is 1.96 bits per heavy atom. The average Bonchev–Trinajstić information content (AvgIpc) is 3.20. The molecule has 4 N–H and O–H groups in total. The SMILES string of the molecule is O=C(NCC(O)C(O)c1cn[nH]c1-c1cccc(F)c1)OCc1ccccc1. The fourth-order valence-electron chi connectivity index (χ4n) is 2.68. The molecule has 7 nitrogen and oxygen atoms in total. The summed E-state index contributed by atoms with van der Waals surface area (Å²) < 4.78 is 18.5. The molecule has 3 rings (SSSR count). The van der Waals surface area contributed by atoms with Gasteiger partial charge >= 0.3 is 6.09 Å². The number of hydrogen-bond donors (Lipinski definition) is 4. The van der Waals surface area contributed by atoms with Gasteiger partial charge in [-0.1, -0.05) is 42.5 Å². The molecule has 1 amide bonds. The monoisotopic (exact) mass is 385 g/mol. The van der Waals surface area contributed by atoms with Crippen LogP contribution in [0.25, 0.3) is 11.3 Å². The minimum atomic E-state index is -1.34. The molecule has 1 heterocycles. The molecule has 1 aromatic heterocycles. The lowest BCUT2D eigenvalue weighted by molar-refractivity contribution is 0.0187. The minimum absolute atomic E-state index is 0.0940. The number of ether oxygens (including phenoxy) is 1. The molecule has 0 spiro atoms. The van der Waals surface area contributed by atoms with Crippen LogP contribution >= 0.6 is 0 Å². The second kappa shape index (κ2) is 9.12. The zero-order chi connectivity index (χ0) is 19.9. The average molecular weight is 385 g/mol. The molecule has 0 saturated carbocycles. The third kappa shape index (κ3) is 4.93. The first kappa shape index (κ1) is 19.5. The Hall–Kier alpha value is -3.23. The summed E-state index contributed by atoms with van der Waals surface area (Å²) in [5.41, 5.74) is 1.99. The second-order valence-corrected chi connectivity index (χ2v) is 6.17. The molecule has 2 atom stereocenters. The number of amides is 1. The standard InChI is InChI=1S/C20H20FN3O4/c21-15-8-4-7-14(9-15)18-16(10-23-24-18)19(26)17(25)11-22-20(27)28-12-13-5-2-1-3-6-13/h1-10,17,19,25-26H,11-12H2,(H,22,27)(H,23,24). The molecule has 28 heavy (non-hydrogen) atoms. The first-order chi connectivity index (χ1) is 13.5. The van der Waals surface area contributed by atoms with Crippen molar-refractivity contribution < 1.29 is 24.1 Å². The molecule has 0 aliphatic heterocycles. The molecule has 0 fully saturated rings. The van der Waals surface area contributed by atoms with Crippen LogP contribution in [0.2, 0.25) is 0 Å². The molecule has 146 valence electrons. The van der Waals surface area contributed by atoms with Crippen molar-refractivity contribution in [3.8, 4) is 11.3 Å². The van der Waals surface area contributed by atoms with Gasteiger partial charge in [0, 0.05) is 17.7 Å². The predicted octanol–water partition coefficient (Wildman–Crippen LogP) is 2.54. The van der Waals surface area contributed by atoms with Crippen molar-refractivity contribution in [2.45, 2.75) is 18.8 Å². The van der Waals surface area contributed by atoms with Gasteiger partial charge in [-0.15, -0.1) is 0 Å². The van der Waals surface area contributed by atoms with E-state index in [4.69, 9.17) is 4.74 Å². The van der Waals surface area contributed by atoms with E-state index in [0.29, 0.717) is 11.3 Å².